The third-order valence-corrected chi connectivity index (χ3v) is 4.96. The van der Waals surface area contributed by atoms with Gasteiger partial charge < -0.3 is 19.3 Å². The Hall–Kier alpha value is -1.14. The molecule has 3 fully saturated rings. The zero-order valence-corrected chi connectivity index (χ0v) is 13.5. The van der Waals surface area contributed by atoms with Crippen LogP contribution < -0.4 is 0 Å². The summed E-state index contributed by atoms with van der Waals surface area (Å²) in [7, 11) is 0. The Bertz CT molecular complexity index is 390. The lowest BCUT2D eigenvalue weighted by Gasteiger charge is -2.45. The van der Waals surface area contributed by atoms with Gasteiger partial charge in [0, 0.05) is 38.4 Å². The molecule has 3 rings (SSSR count). The smallest absolute Gasteiger partial charge is 0.252 e. The lowest BCUT2D eigenvalue weighted by Crippen LogP contribution is -2.62. The maximum absolute atomic E-state index is 12.6. The molecule has 0 unspecified atom stereocenters. The van der Waals surface area contributed by atoms with E-state index in [0.29, 0.717) is 26.3 Å². The molecule has 124 valence electrons. The molecule has 0 aromatic rings. The molecule has 0 radical (unpaired) electrons. The van der Waals surface area contributed by atoms with Crippen molar-refractivity contribution in [1.29, 1.82) is 0 Å². The Balaban J connectivity index is 1.63. The summed E-state index contributed by atoms with van der Waals surface area (Å²) >= 11 is 0. The Morgan fingerprint density at radius 2 is 1.23 bits per heavy atom. The van der Waals surface area contributed by atoms with Crippen molar-refractivity contribution in [3.63, 3.8) is 0 Å². The largest absolute Gasteiger partial charge is 0.368 e. The molecule has 3 saturated heterocycles. The first-order valence-electron chi connectivity index (χ1n) is 8.42. The number of nitrogens with zero attached hydrogens (tertiary/aromatic N) is 2. The van der Waals surface area contributed by atoms with E-state index >= 15 is 0 Å². The van der Waals surface area contributed by atoms with Crippen LogP contribution in [0.3, 0.4) is 0 Å². The highest BCUT2D eigenvalue weighted by molar-refractivity contribution is 5.84. The highest BCUT2D eigenvalue weighted by atomic mass is 16.5. The second kappa shape index (κ2) is 6.54. The van der Waals surface area contributed by atoms with Gasteiger partial charge in [0.2, 0.25) is 0 Å². The van der Waals surface area contributed by atoms with Gasteiger partial charge in [0.25, 0.3) is 11.8 Å². The standard InChI is InChI=1S/C16H26N2O4/c1-11-9-18(16(20)14-6-4-8-22-14)12(2)10-17(11)15(19)13-5-3-7-21-13/h11-14H,3-10H2,1-2H3/t11-,12-,13-,14+/m0/s1. The van der Waals surface area contributed by atoms with Gasteiger partial charge in [-0.1, -0.05) is 0 Å². The summed E-state index contributed by atoms with van der Waals surface area (Å²) in [6.45, 7) is 6.54. The van der Waals surface area contributed by atoms with Crippen molar-refractivity contribution < 1.29 is 19.1 Å². The van der Waals surface area contributed by atoms with Crippen molar-refractivity contribution in [3.8, 4) is 0 Å². The van der Waals surface area contributed by atoms with Crippen molar-refractivity contribution >= 4 is 11.8 Å². The third kappa shape index (κ3) is 2.99. The van der Waals surface area contributed by atoms with E-state index in [1.54, 1.807) is 0 Å². The van der Waals surface area contributed by atoms with Crippen LogP contribution in [-0.2, 0) is 19.1 Å². The van der Waals surface area contributed by atoms with Gasteiger partial charge >= 0.3 is 0 Å². The van der Waals surface area contributed by atoms with Gasteiger partial charge in [-0.05, 0) is 39.5 Å². The topological polar surface area (TPSA) is 59.1 Å². The van der Waals surface area contributed by atoms with E-state index in [1.165, 1.54) is 0 Å². The quantitative estimate of drug-likeness (QED) is 0.757. The number of piperazine rings is 1. The molecular weight excluding hydrogens is 284 g/mol. The van der Waals surface area contributed by atoms with Crippen LogP contribution in [-0.4, -0.2) is 72.2 Å². The van der Waals surface area contributed by atoms with Crippen molar-refractivity contribution in [2.24, 2.45) is 0 Å². The van der Waals surface area contributed by atoms with Crippen LogP contribution in [0.1, 0.15) is 39.5 Å². The van der Waals surface area contributed by atoms with Gasteiger partial charge in [0.15, 0.2) is 0 Å². The second-order valence-corrected chi connectivity index (χ2v) is 6.68. The number of carbonyl (C=O) groups excluding carboxylic acids is 2. The van der Waals surface area contributed by atoms with Crippen molar-refractivity contribution in [2.45, 2.75) is 63.8 Å². The minimum atomic E-state index is -0.282. The van der Waals surface area contributed by atoms with Crippen LogP contribution in [0, 0.1) is 0 Å². The maximum Gasteiger partial charge on any atom is 0.252 e. The van der Waals surface area contributed by atoms with Gasteiger partial charge in [0.05, 0.1) is 0 Å². The minimum Gasteiger partial charge on any atom is -0.368 e. The normalized spacial score (nSPS) is 35.9. The molecule has 0 bridgehead atoms. The summed E-state index contributed by atoms with van der Waals surface area (Å²) in [5.41, 5.74) is 0. The molecule has 0 aliphatic carbocycles. The zero-order valence-electron chi connectivity index (χ0n) is 13.5. The fourth-order valence-corrected chi connectivity index (χ4v) is 3.66. The van der Waals surface area contributed by atoms with Crippen LogP contribution >= 0.6 is 0 Å². The van der Waals surface area contributed by atoms with E-state index in [1.807, 2.05) is 23.6 Å². The summed E-state index contributed by atoms with van der Waals surface area (Å²) in [6, 6.07) is 0.0523. The number of carbonyl (C=O) groups is 2. The molecule has 0 N–H and O–H groups in total. The molecule has 3 heterocycles. The molecule has 4 atom stereocenters. The second-order valence-electron chi connectivity index (χ2n) is 6.68. The predicted octanol–water partition coefficient (Wildman–Crippen LogP) is 0.792. The van der Waals surface area contributed by atoms with Crippen LogP contribution in [0.4, 0.5) is 0 Å². The van der Waals surface area contributed by atoms with Crippen LogP contribution in [0.5, 0.6) is 0 Å². The van der Waals surface area contributed by atoms with Gasteiger partial charge in [0.1, 0.15) is 12.2 Å². The highest BCUT2D eigenvalue weighted by Crippen LogP contribution is 2.23. The fourth-order valence-electron chi connectivity index (χ4n) is 3.66. The first kappa shape index (κ1) is 15.7. The molecule has 0 spiro atoms. The Kier molecular flexibility index (Phi) is 4.68. The fraction of sp³-hybridized carbons (Fsp3) is 0.875. The Labute approximate surface area is 131 Å². The van der Waals surface area contributed by atoms with E-state index in [-0.39, 0.29) is 36.1 Å². The van der Waals surface area contributed by atoms with Gasteiger partial charge in [-0.25, -0.2) is 0 Å². The first-order chi connectivity index (χ1) is 10.6. The number of hydrogen-bond donors (Lipinski definition) is 0. The SMILES string of the molecule is C[C@H]1CN(C(=O)[C@H]2CCCO2)[C@@H](C)CN1C(=O)[C@@H]1CCCO1. The van der Waals surface area contributed by atoms with Crippen molar-refractivity contribution in [3.05, 3.63) is 0 Å². The van der Waals surface area contributed by atoms with Gasteiger partial charge in [-0.15, -0.1) is 0 Å². The van der Waals surface area contributed by atoms with Crippen LogP contribution in [0.25, 0.3) is 0 Å². The monoisotopic (exact) mass is 310 g/mol. The molecule has 2 amide bonds. The minimum absolute atomic E-state index is 0.0262. The molecule has 22 heavy (non-hydrogen) atoms. The van der Waals surface area contributed by atoms with E-state index in [2.05, 4.69) is 0 Å². The molecule has 0 aromatic heterocycles. The van der Waals surface area contributed by atoms with E-state index in [0.717, 1.165) is 25.7 Å². The molecule has 0 aromatic carbocycles. The molecule has 3 aliphatic rings. The average molecular weight is 310 g/mol. The third-order valence-electron chi connectivity index (χ3n) is 4.96. The molecule has 3 aliphatic heterocycles. The van der Waals surface area contributed by atoms with Crippen molar-refractivity contribution in [2.75, 3.05) is 26.3 Å². The van der Waals surface area contributed by atoms with Crippen LogP contribution in [0.15, 0.2) is 0 Å². The lowest BCUT2D eigenvalue weighted by molar-refractivity contribution is -0.155. The Morgan fingerprint density at radius 3 is 1.55 bits per heavy atom. The Morgan fingerprint density at radius 1 is 0.818 bits per heavy atom. The van der Waals surface area contributed by atoms with Crippen LogP contribution in [0.2, 0.25) is 0 Å². The van der Waals surface area contributed by atoms with Gasteiger partial charge in [-0.2, -0.15) is 0 Å². The number of amides is 2. The van der Waals surface area contributed by atoms with Gasteiger partial charge in [-0.3, -0.25) is 9.59 Å². The zero-order chi connectivity index (χ0) is 15.7. The maximum atomic E-state index is 12.6. The number of rotatable bonds is 2. The molecule has 0 saturated carbocycles. The van der Waals surface area contributed by atoms with E-state index in [9.17, 15) is 9.59 Å². The molecule has 6 nitrogen and oxygen atoms in total. The number of hydrogen-bond acceptors (Lipinski definition) is 4. The molecular formula is C16H26N2O4. The predicted molar refractivity (Wildman–Crippen MR) is 80.3 cm³/mol. The van der Waals surface area contributed by atoms with Crippen molar-refractivity contribution in [1.82, 2.24) is 9.80 Å². The lowest BCUT2D eigenvalue weighted by atomic mass is 10.0. The first-order valence-corrected chi connectivity index (χ1v) is 8.42. The number of ether oxygens (including phenoxy) is 2. The average Bonchev–Trinajstić information content (AvgIpc) is 3.20. The highest BCUT2D eigenvalue weighted by Gasteiger charge is 2.40. The summed E-state index contributed by atoms with van der Waals surface area (Å²) in [6.07, 6.45) is 2.98. The summed E-state index contributed by atoms with van der Waals surface area (Å²) in [4.78, 5) is 28.9. The molecule has 6 heteroatoms. The summed E-state index contributed by atoms with van der Waals surface area (Å²) < 4.78 is 11.0. The van der Waals surface area contributed by atoms with E-state index in [4.69, 9.17) is 9.47 Å². The van der Waals surface area contributed by atoms with E-state index < -0.39 is 0 Å². The summed E-state index contributed by atoms with van der Waals surface area (Å²) in [5, 5.41) is 0. The summed E-state index contributed by atoms with van der Waals surface area (Å²) in [5.74, 6) is 0.169.